The lowest BCUT2D eigenvalue weighted by atomic mass is 9.86. The molecule has 9 heteroatoms. The first-order chi connectivity index (χ1) is 66.8. The molecule has 0 saturated carbocycles. The molecule has 0 unspecified atom stereocenters. The number of benzene rings is 21. The second-order valence-corrected chi connectivity index (χ2v) is 34.4. The van der Waals surface area contributed by atoms with Gasteiger partial charge in [-0.25, -0.2) is 15.0 Å². The lowest BCUT2D eigenvalue weighted by molar-refractivity contribution is 1.19. The van der Waals surface area contributed by atoms with Gasteiger partial charge in [-0.05, 0) is 164 Å². The number of rotatable bonds is 12. The molecule has 0 spiro atoms. The molecule has 630 valence electrons. The van der Waals surface area contributed by atoms with Gasteiger partial charge >= 0.3 is 0 Å². The highest BCUT2D eigenvalue weighted by Gasteiger charge is 2.31. The molecule has 0 aliphatic heterocycles. The number of fused-ring (bicyclic) bond motifs is 12. The van der Waals surface area contributed by atoms with Gasteiger partial charge < -0.3 is 0 Å². The standard InChI is InChI=1S/3C42H26N2O/c45-42-34-23-13-22-32-31(27-14-5-1-6-15-27)24-25-33(38(32)34)41-43-39-36(29-18-9-3-10-19-29)26-35(28-16-7-2-8-17-28)37(40(39)44(41)42)30-20-11-4-12-21-30;45-42-34-25-24-31(27-14-5-1-6-15-27)32-22-13-23-33(39(32)34)41-43-36-26-35(28-16-7-2-8-17-28)37(29-18-9-3-10-19-29)38(40(36)44(41)42)30-20-11-4-12-21-30;45-42-34-25-24-31(27-14-5-1-6-15-27)32-22-13-23-33(38(32)34)41-43-39-36(29-18-9-3-10-19-29)26-35(28-16-7-2-8-17-28)37(40(39)44(41)42)30-20-11-4-12-21-30/h3*1-26H. The van der Waals surface area contributed by atoms with Gasteiger partial charge in [0.2, 0.25) is 0 Å². The second kappa shape index (κ2) is 32.8. The van der Waals surface area contributed by atoms with Crippen molar-refractivity contribution in [3.63, 3.8) is 0 Å². The van der Waals surface area contributed by atoms with E-state index in [2.05, 4.69) is 376 Å². The van der Waals surface area contributed by atoms with Crippen LogP contribution in [0.2, 0.25) is 0 Å². The van der Waals surface area contributed by atoms with Crippen LogP contribution in [0, 0.1) is 0 Å². The van der Waals surface area contributed by atoms with Gasteiger partial charge in [-0.15, -0.1) is 0 Å². The largest absolute Gasteiger partial charge is 0.268 e. The van der Waals surface area contributed by atoms with Crippen LogP contribution in [-0.2, 0) is 0 Å². The topological polar surface area (TPSA) is 103 Å². The van der Waals surface area contributed by atoms with E-state index < -0.39 is 0 Å². The molecule has 0 amide bonds. The van der Waals surface area contributed by atoms with Crippen molar-refractivity contribution in [3.05, 3.63) is 504 Å². The predicted molar refractivity (Wildman–Crippen MR) is 561 cm³/mol. The smallest absolute Gasteiger partial charge is 0.264 e. The van der Waals surface area contributed by atoms with E-state index in [1.807, 2.05) is 110 Å². The number of aromatic nitrogens is 6. The minimum Gasteiger partial charge on any atom is -0.268 e. The number of hydrogen-bond donors (Lipinski definition) is 0. The summed E-state index contributed by atoms with van der Waals surface area (Å²) in [6.07, 6.45) is 0. The third kappa shape index (κ3) is 13.1. The summed E-state index contributed by atoms with van der Waals surface area (Å²) in [7, 11) is 0. The Morgan fingerprint density at radius 2 is 0.378 bits per heavy atom. The Hall–Kier alpha value is -18.2. The lowest BCUT2D eigenvalue weighted by Crippen LogP contribution is -2.14. The molecule has 0 atom stereocenters. The van der Waals surface area contributed by atoms with Crippen LogP contribution in [0.3, 0.4) is 0 Å². The average molecular weight is 1720 g/mol. The number of pyridine rings is 3. The molecule has 0 aliphatic rings. The van der Waals surface area contributed by atoms with Crippen molar-refractivity contribution in [3.8, 4) is 134 Å². The Labute approximate surface area is 775 Å². The Kier molecular flexibility index (Phi) is 19.2. The zero-order valence-corrected chi connectivity index (χ0v) is 72.9. The van der Waals surface area contributed by atoms with E-state index in [0.29, 0.717) is 33.1 Å². The van der Waals surface area contributed by atoms with E-state index >= 15 is 0 Å². The molecule has 0 fully saturated rings. The van der Waals surface area contributed by atoms with E-state index in [1.165, 1.54) is 0 Å². The van der Waals surface area contributed by atoms with Gasteiger partial charge in [-0.2, -0.15) is 0 Å². The summed E-state index contributed by atoms with van der Waals surface area (Å²) in [4.78, 5) is 60.4. The van der Waals surface area contributed by atoms with Crippen molar-refractivity contribution in [2.75, 3.05) is 0 Å². The third-order valence-electron chi connectivity index (χ3n) is 26.9. The van der Waals surface area contributed by atoms with Gasteiger partial charge in [0.25, 0.3) is 16.7 Å². The maximum absolute atomic E-state index is 14.8. The summed E-state index contributed by atoms with van der Waals surface area (Å²) < 4.78 is 5.60. The van der Waals surface area contributed by atoms with Crippen LogP contribution in [-0.4, -0.2) is 28.2 Å². The van der Waals surface area contributed by atoms with Crippen LogP contribution in [0.15, 0.2) is 488 Å². The molecule has 0 N–H and O–H groups in total. The zero-order valence-electron chi connectivity index (χ0n) is 72.9. The van der Waals surface area contributed by atoms with E-state index in [9.17, 15) is 14.4 Å². The normalized spacial score (nSPS) is 11.6. The SMILES string of the molecule is O=c1c2ccc(-c3ccccc3)c3cccc(c32)c2nc3c(-c4ccccc4)cc(-c4ccccc4)c(-c4ccccc4)c3n12.O=c1c2ccc(-c3ccccc3)c3cccc(c32)c2nc3cc(-c4ccccc4)c(-c4ccccc4)c(-c4ccccc4)c3n12.O=c1c2cccc3c(-c4ccccc4)ccc(c32)c2nc3c(-c4ccccc4)cc(-c4ccccc4)c(-c4ccccc4)c3n12. The average Bonchev–Trinajstić information content (AvgIpc) is 1.57. The van der Waals surface area contributed by atoms with Crippen LogP contribution in [0.25, 0.3) is 248 Å². The minimum atomic E-state index is -0.0581. The summed E-state index contributed by atoms with van der Waals surface area (Å²) >= 11 is 0. The summed E-state index contributed by atoms with van der Waals surface area (Å²) in [5, 5.41) is 11.0. The molecule has 21 aromatic carbocycles. The first-order valence-electron chi connectivity index (χ1n) is 45.6. The van der Waals surface area contributed by atoms with Crippen molar-refractivity contribution in [1.82, 2.24) is 28.2 Å². The van der Waals surface area contributed by atoms with Crippen molar-refractivity contribution in [2.24, 2.45) is 0 Å². The summed E-state index contributed by atoms with van der Waals surface area (Å²) in [5.41, 5.74) is 32.4. The maximum Gasteiger partial charge on any atom is 0.264 e. The maximum atomic E-state index is 14.8. The van der Waals surface area contributed by atoms with Gasteiger partial charge in [-0.3, -0.25) is 27.6 Å². The van der Waals surface area contributed by atoms with Gasteiger partial charge in [0.15, 0.2) is 0 Å². The molecule has 6 aromatic heterocycles. The van der Waals surface area contributed by atoms with Gasteiger partial charge in [0.1, 0.15) is 16.9 Å². The lowest BCUT2D eigenvalue weighted by Gasteiger charge is -2.18. The Bertz CT molecular complexity index is 9160. The Morgan fingerprint density at radius 3 is 0.696 bits per heavy atom. The van der Waals surface area contributed by atoms with Crippen LogP contribution in [0.1, 0.15) is 0 Å². The molecule has 0 radical (unpaired) electrons. The molecular weight excluding hydrogens is 1650 g/mol. The molecule has 135 heavy (non-hydrogen) atoms. The molecule has 27 rings (SSSR count). The predicted octanol–water partition coefficient (Wildman–Crippen LogP) is 30.8. The number of hydrogen-bond acceptors (Lipinski definition) is 6. The molecule has 0 saturated heterocycles. The Morgan fingerprint density at radius 1 is 0.156 bits per heavy atom. The van der Waals surface area contributed by atoms with E-state index in [1.54, 1.807) is 0 Å². The fraction of sp³-hybridized carbons (Fsp3) is 0. The molecule has 6 heterocycles. The molecule has 0 aliphatic carbocycles. The molecule has 9 nitrogen and oxygen atoms in total. The quantitative estimate of drug-likeness (QED) is 0.121. The minimum absolute atomic E-state index is 0.0561. The highest BCUT2D eigenvalue weighted by Crippen LogP contribution is 2.51. The third-order valence-corrected chi connectivity index (χ3v) is 26.9. The van der Waals surface area contributed by atoms with Crippen molar-refractivity contribution in [1.29, 1.82) is 0 Å². The monoisotopic (exact) mass is 1720 g/mol. The van der Waals surface area contributed by atoms with Crippen LogP contribution in [0.4, 0.5) is 0 Å². The van der Waals surface area contributed by atoms with Crippen LogP contribution >= 0.6 is 0 Å². The van der Waals surface area contributed by atoms with Crippen LogP contribution < -0.4 is 16.7 Å². The Balaban J connectivity index is 0.000000108. The molecule has 27 aromatic rings. The fourth-order valence-electron chi connectivity index (χ4n) is 21.0. The van der Waals surface area contributed by atoms with Crippen molar-refractivity contribution < 1.29 is 0 Å². The highest BCUT2D eigenvalue weighted by molar-refractivity contribution is 6.25. The van der Waals surface area contributed by atoms with Gasteiger partial charge in [-0.1, -0.05) is 431 Å². The number of imidazole rings is 3. The van der Waals surface area contributed by atoms with E-state index in [4.69, 9.17) is 15.0 Å². The zero-order chi connectivity index (χ0) is 89.7. The van der Waals surface area contributed by atoms with E-state index in [0.717, 1.165) is 215 Å². The van der Waals surface area contributed by atoms with Gasteiger partial charge in [0.05, 0.1) is 33.1 Å². The summed E-state index contributed by atoms with van der Waals surface area (Å²) in [6, 6.07) is 163. The molecule has 0 bridgehead atoms. The van der Waals surface area contributed by atoms with Gasteiger partial charge in [0, 0.05) is 76.3 Å². The van der Waals surface area contributed by atoms with Crippen molar-refractivity contribution in [2.45, 2.75) is 0 Å². The fourth-order valence-corrected chi connectivity index (χ4v) is 21.0. The van der Waals surface area contributed by atoms with Crippen LogP contribution in [0.5, 0.6) is 0 Å². The second-order valence-electron chi connectivity index (χ2n) is 34.4. The summed E-state index contributed by atoms with van der Waals surface area (Å²) in [5.74, 6) is 0. The first-order valence-corrected chi connectivity index (χ1v) is 45.6. The van der Waals surface area contributed by atoms with E-state index in [-0.39, 0.29) is 16.7 Å². The number of nitrogens with zero attached hydrogens (tertiary/aromatic N) is 6. The molecular formula is C126H78N6O3. The highest BCUT2D eigenvalue weighted by atomic mass is 16.1. The first kappa shape index (κ1) is 79.0. The summed E-state index contributed by atoms with van der Waals surface area (Å²) in [6.45, 7) is 0. The van der Waals surface area contributed by atoms with Crippen molar-refractivity contribution >= 4 is 115 Å².